The summed E-state index contributed by atoms with van der Waals surface area (Å²) in [4.78, 5) is 2.80. The third kappa shape index (κ3) is 4.40. The molecule has 0 spiro atoms. The molecule has 0 radical (unpaired) electrons. The summed E-state index contributed by atoms with van der Waals surface area (Å²) in [6.07, 6.45) is 17.6. The molecular formula is C21H37N. The first kappa shape index (κ1) is 17.6. The predicted octanol–water partition coefficient (Wildman–Crippen LogP) is 6.46. The molecule has 0 aliphatic heterocycles. The Labute approximate surface area is 138 Å². The Kier molecular flexibility index (Phi) is 7.05. The van der Waals surface area contributed by atoms with Crippen LogP contribution in [0.2, 0.25) is 0 Å². The van der Waals surface area contributed by atoms with Gasteiger partial charge in [0.1, 0.15) is 0 Å². The van der Waals surface area contributed by atoms with Gasteiger partial charge in [-0.25, -0.2) is 0 Å². The van der Waals surface area contributed by atoms with Crippen molar-refractivity contribution in [1.29, 1.82) is 0 Å². The van der Waals surface area contributed by atoms with E-state index in [0.717, 1.165) is 18.5 Å². The first-order valence-electron chi connectivity index (χ1n) is 9.79. The molecule has 0 aromatic carbocycles. The van der Waals surface area contributed by atoms with E-state index in [9.17, 15) is 0 Å². The van der Waals surface area contributed by atoms with E-state index in [1.807, 2.05) is 0 Å². The lowest BCUT2D eigenvalue weighted by atomic mass is 9.86. The fourth-order valence-corrected chi connectivity index (χ4v) is 4.47. The standard InChI is InChI=1S/C21H37N/c1-5-12-17(2)18(3)19(4)22(20-13-8-6-9-14-20)21-15-10-7-11-16-21/h12,18,20-21H,4-11,13-16H2,1-3H3/b17-12-. The van der Waals surface area contributed by atoms with Gasteiger partial charge in [-0.15, -0.1) is 0 Å². The lowest BCUT2D eigenvalue weighted by Crippen LogP contribution is -2.45. The van der Waals surface area contributed by atoms with Crippen LogP contribution in [0.1, 0.15) is 91.4 Å². The van der Waals surface area contributed by atoms with Crippen LogP contribution in [0.3, 0.4) is 0 Å². The van der Waals surface area contributed by atoms with Crippen LogP contribution in [0.5, 0.6) is 0 Å². The largest absolute Gasteiger partial charge is 0.369 e. The van der Waals surface area contributed by atoms with Crippen LogP contribution in [-0.4, -0.2) is 17.0 Å². The van der Waals surface area contributed by atoms with E-state index in [1.165, 1.54) is 75.5 Å². The quantitative estimate of drug-likeness (QED) is 0.509. The molecule has 2 aliphatic carbocycles. The average molecular weight is 304 g/mol. The smallest absolute Gasteiger partial charge is 0.0290 e. The van der Waals surface area contributed by atoms with Crippen LogP contribution < -0.4 is 0 Å². The summed E-state index contributed by atoms with van der Waals surface area (Å²) < 4.78 is 0. The van der Waals surface area contributed by atoms with Crippen LogP contribution in [0.25, 0.3) is 0 Å². The van der Waals surface area contributed by atoms with Gasteiger partial charge in [0.15, 0.2) is 0 Å². The Balaban J connectivity index is 2.14. The zero-order valence-corrected chi connectivity index (χ0v) is 15.2. The van der Waals surface area contributed by atoms with Gasteiger partial charge in [0, 0.05) is 23.7 Å². The Bertz CT molecular complexity index is 351. The first-order chi connectivity index (χ1) is 10.6. The van der Waals surface area contributed by atoms with Gasteiger partial charge in [-0.1, -0.05) is 70.6 Å². The van der Waals surface area contributed by atoms with Crippen molar-refractivity contribution in [3.8, 4) is 0 Å². The van der Waals surface area contributed by atoms with Gasteiger partial charge in [0.05, 0.1) is 0 Å². The topological polar surface area (TPSA) is 3.24 Å². The summed E-state index contributed by atoms with van der Waals surface area (Å²) in [5.41, 5.74) is 2.91. The Morgan fingerprint density at radius 2 is 1.45 bits per heavy atom. The van der Waals surface area contributed by atoms with E-state index in [0.29, 0.717) is 5.92 Å². The molecule has 1 atom stereocenters. The maximum atomic E-state index is 4.59. The van der Waals surface area contributed by atoms with Crippen molar-refractivity contribution in [3.63, 3.8) is 0 Å². The Morgan fingerprint density at radius 3 is 1.86 bits per heavy atom. The van der Waals surface area contributed by atoms with E-state index in [1.54, 1.807) is 0 Å². The summed E-state index contributed by atoms with van der Waals surface area (Å²) in [6, 6.07) is 1.53. The molecule has 22 heavy (non-hydrogen) atoms. The third-order valence-corrected chi connectivity index (χ3v) is 5.98. The van der Waals surface area contributed by atoms with Gasteiger partial charge in [-0.3, -0.25) is 0 Å². The van der Waals surface area contributed by atoms with Crippen molar-refractivity contribution in [3.05, 3.63) is 23.9 Å². The summed E-state index contributed by atoms with van der Waals surface area (Å²) >= 11 is 0. The molecule has 1 unspecified atom stereocenters. The van der Waals surface area contributed by atoms with Crippen molar-refractivity contribution in [2.45, 2.75) is 103 Å². The maximum absolute atomic E-state index is 4.59. The lowest BCUT2D eigenvalue weighted by molar-refractivity contribution is 0.109. The fraction of sp³-hybridized carbons (Fsp3) is 0.810. The molecule has 126 valence electrons. The van der Waals surface area contributed by atoms with E-state index in [-0.39, 0.29) is 0 Å². The molecule has 2 saturated carbocycles. The lowest BCUT2D eigenvalue weighted by Gasteiger charge is -2.46. The van der Waals surface area contributed by atoms with Crippen molar-refractivity contribution in [1.82, 2.24) is 4.90 Å². The van der Waals surface area contributed by atoms with Crippen LogP contribution in [0.4, 0.5) is 0 Å². The predicted molar refractivity (Wildman–Crippen MR) is 97.9 cm³/mol. The number of hydrogen-bond donors (Lipinski definition) is 0. The van der Waals surface area contributed by atoms with Gasteiger partial charge in [-0.2, -0.15) is 0 Å². The van der Waals surface area contributed by atoms with Gasteiger partial charge in [0.2, 0.25) is 0 Å². The second kappa shape index (κ2) is 8.79. The molecule has 0 aromatic heterocycles. The molecule has 2 rings (SSSR count). The molecule has 0 amide bonds. The minimum atomic E-state index is 0.504. The second-order valence-corrected chi connectivity index (χ2v) is 7.56. The number of nitrogens with zero attached hydrogens (tertiary/aromatic N) is 1. The SMILES string of the molecule is C=C(C(C)/C(C)=C\CC)N(C1CCCCC1)C1CCCCC1. The Morgan fingerprint density at radius 1 is 1.00 bits per heavy atom. The third-order valence-electron chi connectivity index (χ3n) is 5.98. The van der Waals surface area contributed by atoms with E-state index >= 15 is 0 Å². The Hall–Kier alpha value is -0.720. The molecule has 2 aliphatic rings. The number of allylic oxidation sites excluding steroid dienone is 2. The van der Waals surface area contributed by atoms with Crippen molar-refractivity contribution in [2.75, 3.05) is 0 Å². The van der Waals surface area contributed by atoms with Gasteiger partial charge < -0.3 is 4.90 Å². The highest BCUT2D eigenvalue weighted by Gasteiger charge is 2.31. The fourth-order valence-electron chi connectivity index (χ4n) is 4.47. The number of hydrogen-bond acceptors (Lipinski definition) is 1. The number of rotatable bonds is 6. The van der Waals surface area contributed by atoms with Crippen LogP contribution in [-0.2, 0) is 0 Å². The summed E-state index contributed by atoms with van der Waals surface area (Å²) in [5.74, 6) is 0.504. The minimum Gasteiger partial charge on any atom is -0.369 e. The molecule has 0 N–H and O–H groups in total. The van der Waals surface area contributed by atoms with Crippen molar-refractivity contribution in [2.24, 2.45) is 5.92 Å². The van der Waals surface area contributed by atoms with Crippen molar-refractivity contribution >= 4 is 0 Å². The van der Waals surface area contributed by atoms with Gasteiger partial charge in [-0.05, 0) is 39.0 Å². The molecule has 2 fully saturated rings. The molecule has 1 nitrogen and oxygen atoms in total. The molecule has 0 heterocycles. The van der Waals surface area contributed by atoms with Crippen LogP contribution in [0, 0.1) is 5.92 Å². The minimum absolute atomic E-state index is 0.504. The van der Waals surface area contributed by atoms with Crippen molar-refractivity contribution < 1.29 is 0 Å². The van der Waals surface area contributed by atoms with Crippen LogP contribution in [0.15, 0.2) is 23.9 Å². The highest BCUT2D eigenvalue weighted by Crippen LogP contribution is 2.36. The summed E-state index contributed by atoms with van der Waals surface area (Å²) in [5, 5.41) is 0. The molecule has 0 aromatic rings. The van der Waals surface area contributed by atoms with E-state index in [2.05, 4.69) is 38.3 Å². The highest BCUT2D eigenvalue weighted by molar-refractivity contribution is 5.17. The van der Waals surface area contributed by atoms with Gasteiger partial charge in [0.25, 0.3) is 0 Å². The first-order valence-corrected chi connectivity index (χ1v) is 9.79. The monoisotopic (exact) mass is 303 g/mol. The molecule has 0 saturated heterocycles. The highest BCUT2D eigenvalue weighted by atomic mass is 15.2. The van der Waals surface area contributed by atoms with E-state index < -0.39 is 0 Å². The normalized spacial score (nSPS) is 23.3. The molecule has 0 bridgehead atoms. The van der Waals surface area contributed by atoms with Crippen LogP contribution >= 0.6 is 0 Å². The zero-order valence-electron chi connectivity index (χ0n) is 15.2. The van der Waals surface area contributed by atoms with E-state index in [4.69, 9.17) is 0 Å². The summed E-state index contributed by atoms with van der Waals surface area (Å²) in [7, 11) is 0. The maximum Gasteiger partial charge on any atom is 0.0290 e. The summed E-state index contributed by atoms with van der Waals surface area (Å²) in [6.45, 7) is 11.5. The average Bonchev–Trinajstić information content (AvgIpc) is 2.56. The van der Waals surface area contributed by atoms with Gasteiger partial charge >= 0.3 is 0 Å². The molecule has 1 heteroatoms. The second-order valence-electron chi connectivity index (χ2n) is 7.56. The zero-order chi connectivity index (χ0) is 15.9. The molecular weight excluding hydrogens is 266 g/mol.